The minimum absolute atomic E-state index is 0.0776. The molecule has 0 bridgehead atoms. The van der Waals surface area contributed by atoms with E-state index in [1.54, 1.807) is 75.9 Å². The van der Waals surface area contributed by atoms with Crippen LogP contribution in [0.4, 0.5) is 5.69 Å². The summed E-state index contributed by atoms with van der Waals surface area (Å²) < 4.78 is 49.5. The van der Waals surface area contributed by atoms with Crippen molar-refractivity contribution < 1.29 is 27.4 Å². The van der Waals surface area contributed by atoms with Crippen molar-refractivity contribution in [3.8, 4) is 23.0 Å². The first kappa shape index (κ1) is 22.3. The molecular weight excluding hydrogens is 418 g/mol. The van der Waals surface area contributed by atoms with Crippen LogP contribution in [0.2, 0.25) is 0 Å². The van der Waals surface area contributed by atoms with Crippen molar-refractivity contribution in [1.29, 1.82) is 0 Å². The van der Waals surface area contributed by atoms with Crippen LogP contribution < -0.4 is 23.3 Å². The van der Waals surface area contributed by atoms with Gasteiger partial charge in [0.15, 0.2) is 0 Å². The molecule has 0 saturated carbocycles. The summed E-state index contributed by atoms with van der Waals surface area (Å²) in [5.41, 5.74) is 1.21. The topological polar surface area (TPSA) is 74.3 Å². The summed E-state index contributed by atoms with van der Waals surface area (Å²) in [4.78, 5) is 0.152. The number of benzene rings is 3. The summed E-state index contributed by atoms with van der Waals surface area (Å²) in [7, 11) is 2.31. The van der Waals surface area contributed by atoms with Crippen LogP contribution in [0.25, 0.3) is 0 Å². The number of methoxy groups -OCH3 is 4. The van der Waals surface area contributed by atoms with E-state index in [0.717, 1.165) is 0 Å². The largest absolute Gasteiger partial charge is 0.497 e. The zero-order valence-electron chi connectivity index (χ0n) is 17.9. The first-order chi connectivity index (χ1) is 14.9. The number of ether oxygens (including phenoxy) is 4. The molecule has 0 heterocycles. The van der Waals surface area contributed by atoms with Gasteiger partial charge in [-0.05, 0) is 66.2 Å². The highest BCUT2D eigenvalue weighted by molar-refractivity contribution is 7.92. The van der Waals surface area contributed by atoms with Crippen molar-refractivity contribution in [2.45, 2.75) is 11.4 Å². The van der Waals surface area contributed by atoms with Gasteiger partial charge in [0.1, 0.15) is 23.0 Å². The van der Waals surface area contributed by atoms with Crippen LogP contribution in [0.3, 0.4) is 0 Å². The number of anilines is 1. The van der Waals surface area contributed by atoms with Crippen molar-refractivity contribution in [2.24, 2.45) is 0 Å². The number of sulfonamides is 1. The Hall–Kier alpha value is -3.39. The Morgan fingerprint density at radius 2 is 1.10 bits per heavy atom. The quantitative estimate of drug-likeness (QED) is 0.495. The van der Waals surface area contributed by atoms with E-state index in [-0.39, 0.29) is 11.4 Å². The standard InChI is InChI=1S/C23H25NO6S/c1-27-19-7-5-18(6-8-19)24(16-17-13-21(29-3)15-22(14-17)30-4)31(25,26)23-11-9-20(28-2)10-12-23/h5-15H,16H2,1-4H3. The van der Waals surface area contributed by atoms with Crippen LogP contribution in [-0.4, -0.2) is 36.9 Å². The Kier molecular flexibility index (Phi) is 6.91. The van der Waals surface area contributed by atoms with Crippen molar-refractivity contribution >= 4 is 15.7 Å². The molecule has 0 fully saturated rings. The van der Waals surface area contributed by atoms with E-state index in [0.29, 0.717) is 34.2 Å². The molecule has 3 aromatic rings. The molecule has 31 heavy (non-hydrogen) atoms. The molecule has 0 amide bonds. The summed E-state index contributed by atoms with van der Waals surface area (Å²) in [6.07, 6.45) is 0. The third-order valence-corrected chi connectivity index (χ3v) is 6.53. The molecule has 0 aromatic heterocycles. The zero-order valence-corrected chi connectivity index (χ0v) is 18.7. The first-order valence-corrected chi connectivity index (χ1v) is 10.9. The number of hydrogen-bond donors (Lipinski definition) is 0. The molecular formula is C23H25NO6S. The molecule has 0 saturated heterocycles. The van der Waals surface area contributed by atoms with E-state index < -0.39 is 10.0 Å². The van der Waals surface area contributed by atoms with Gasteiger partial charge in [0, 0.05) is 6.07 Å². The fraction of sp³-hybridized carbons (Fsp3) is 0.217. The second kappa shape index (κ2) is 9.61. The first-order valence-electron chi connectivity index (χ1n) is 9.44. The highest BCUT2D eigenvalue weighted by Gasteiger charge is 2.26. The summed E-state index contributed by atoms with van der Waals surface area (Å²) in [5.74, 6) is 2.36. The monoisotopic (exact) mass is 443 g/mol. The second-order valence-electron chi connectivity index (χ2n) is 6.61. The minimum atomic E-state index is -3.88. The van der Waals surface area contributed by atoms with Gasteiger partial charge >= 0.3 is 0 Å². The molecule has 0 aliphatic heterocycles. The van der Waals surface area contributed by atoms with Gasteiger partial charge in [0.05, 0.1) is 45.6 Å². The third kappa shape index (κ3) is 5.03. The molecule has 8 heteroatoms. The van der Waals surface area contributed by atoms with Crippen LogP contribution >= 0.6 is 0 Å². The van der Waals surface area contributed by atoms with Gasteiger partial charge < -0.3 is 18.9 Å². The zero-order chi connectivity index (χ0) is 22.4. The minimum Gasteiger partial charge on any atom is -0.497 e. The van der Waals surface area contributed by atoms with E-state index in [9.17, 15) is 8.42 Å². The van der Waals surface area contributed by atoms with Crippen molar-refractivity contribution in [3.63, 3.8) is 0 Å². The van der Waals surface area contributed by atoms with E-state index in [1.165, 1.54) is 23.5 Å². The summed E-state index contributed by atoms with van der Waals surface area (Å²) in [6.45, 7) is 0.0776. The van der Waals surface area contributed by atoms with Gasteiger partial charge in [-0.1, -0.05) is 0 Å². The lowest BCUT2D eigenvalue weighted by atomic mass is 10.2. The molecule has 164 valence electrons. The van der Waals surface area contributed by atoms with Gasteiger partial charge in [-0.2, -0.15) is 0 Å². The average molecular weight is 444 g/mol. The molecule has 0 unspecified atom stereocenters. The van der Waals surface area contributed by atoms with E-state index in [1.807, 2.05) is 0 Å². The lowest BCUT2D eigenvalue weighted by Gasteiger charge is -2.25. The predicted molar refractivity (Wildman–Crippen MR) is 119 cm³/mol. The summed E-state index contributed by atoms with van der Waals surface area (Å²) in [6, 6.07) is 18.4. The molecule has 0 aliphatic rings. The van der Waals surface area contributed by atoms with Crippen LogP contribution in [0.1, 0.15) is 5.56 Å². The van der Waals surface area contributed by atoms with E-state index in [4.69, 9.17) is 18.9 Å². The molecule has 3 aromatic carbocycles. The molecule has 0 radical (unpaired) electrons. The van der Waals surface area contributed by atoms with Crippen LogP contribution in [0.5, 0.6) is 23.0 Å². The molecule has 3 rings (SSSR count). The Bertz CT molecular complexity index is 1090. The van der Waals surface area contributed by atoms with Gasteiger partial charge in [0.25, 0.3) is 10.0 Å². The molecule has 0 atom stereocenters. The maximum Gasteiger partial charge on any atom is 0.264 e. The van der Waals surface area contributed by atoms with Gasteiger partial charge in [-0.25, -0.2) is 8.42 Å². The average Bonchev–Trinajstić information content (AvgIpc) is 2.82. The fourth-order valence-corrected chi connectivity index (χ4v) is 4.51. The van der Waals surface area contributed by atoms with Gasteiger partial charge in [-0.3, -0.25) is 4.31 Å². The normalized spacial score (nSPS) is 11.0. The van der Waals surface area contributed by atoms with Crippen LogP contribution in [0, 0.1) is 0 Å². The van der Waals surface area contributed by atoms with Gasteiger partial charge in [0.2, 0.25) is 0 Å². The van der Waals surface area contributed by atoms with Gasteiger partial charge in [-0.15, -0.1) is 0 Å². The van der Waals surface area contributed by atoms with Crippen LogP contribution in [0.15, 0.2) is 71.6 Å². The van der Waals surface area contributed by atoms with Crippen molar-refractivity contribution in [2.75, 3.05) is 32.7 Å². The summed E-state index contributed by atoms with van der Waals surface area (Å²) >= 11 is 0. The Labute approximate surface area is 182 Å². The second-order valence-corrected chi connectivity index (χ2v) is 8.47. The maximum absolute atomic E-state index is 13.6. The lowest BCUT2D eigenvalue weighted by Crippen LogP contribution is -2.30. The van der Waals surface area contributed by atoms with E-state index >= 15 is 0 Å². The Morgan fingerprint density at radius 3 is 1.55 bits per heavy atom. The maximum atomic E-state index is 13.6. The SMILES string of the molecule is COc1ccc(N(Cc2cc(OC)cc(OC)c2)S(=O)(=O)c2ccc(OC)cc2)cc1. The molecule has 7 nitrogen and oxygen atoms in total. The molecule has 0 aliphatic carbocycles. The number of nitrogens with zero attached hydrogens (tertiary/aromatic N) is 1. The van der Waals surface area contributed by atoms with Crippen molar-refractivity contribution in [3.05, 3.63) is 72.3 Å². The van der Waals surface area contributed by atoms with Crippen molar-refractivity contribution in [1.82, 2.24) is 0 Å². The highest BCUT2D eigenvalue weighted by Crippen LogP contribution is 2.31. The summed E-state index contributed by atoms with van der Waals surface area (Å²) in [5, 5.41) is 0. The van der Waals surface area contributed by atoms with E-state index in [2.05, 4.69) is 0 Å². The Balaban J connectivity index is 2.08. The predicted octanol–water partition coefficient (Wildman–Crippen LogP) is 4.12. The highest BCUT2D eigenvalue weighted by atomic mass is 32.2. The number of rotatable bonds is 9. The lowest BCUT2D eigenvalue weighted by molar-refractivity contribution is 0.393. The number of hydrogen-bond acceptors (Lipinski definition) is 6. The smallest absolute Gasteiger partial charge is 0.264 e. The van der Waals surface area contributed by atoms with Crippen LogP contribution in [-0.2, 0) is 16.6 Å². The Morgan fingerprint density at radius 1 is 0.645 bits per heavy atom. The molecule has 0 N–H and O–H groups in total. The molecule has 0 spiro atoms. The fourth-order valence-electron chi connectivity index (χ4n) is 3.06. The third-order valence-electron chi connectivity index (χ3n) is 4.75.